The lowest BCUT2D eigenvalue weighted by Crippen LogP contribution is -2.42. The van der Waals surface area contributed by atoms with E-state index in [-0.39, 0.29) is 0 Å². The highest BCUT2D eigenvalue weighted by molar-refractivity contribution is 5.00. The fourth-order valence-electron chi connectivity index (χ4n) is 7.57. The Kier molecular flexibility index (Phi) is 8.86. The second kappa shape index (κ2) is 11.1. The van der Waals surface area contributed by atoms with E-state index in [0.717, 1.165) is 23.2 Å². The van der Waals surface area contributed by atoms with Crippen LogP contribution in [0.4, 0.5) is 0 Å². The van der Waals surface area contributed by atoms with Gasteiger partial charge in [-0.3, -0.25) is 0 Å². The van der Waals surface area contributed by atoms with Crippen molar-refractivity contribution < 1.29 is 0 Å². The summed E-state index contributed by atoms with van der Waals surface area (Å²) < 4.78 is 0. The van der Waals surface area contributed by atoms with Crippen LogP contribution in [-0.2, 0) is 0 Å². The smallest absolute Gasteiger partial charge is 0.0213 e. The predicted octanol–water partition coefficient (Wildman–Crippen LogP) is 9.07. The molecule has 3 fully saturated rings. The summed E-state index contributed by atoms with van der Waals surface area (Å²) in [6.07, 6.45) is 32.3. The number of rotatable bonds is 12. The van der Waals surface area contributed by atoms with Gasteiger partial charge in [-0.25, -0.2) is 0 Å². The summed E-state index contributed by atoms with van der Waals surface area (Å²) in [5.74, 6) is 3.33. The van der Waals surface area contributed by atoms with Crippen molar-refractivity contribution in [3.05, 3.63) is 0 Å². The van der Waals surface area contributed by atoms with E-state index in [1.165, 1.54) is 44.9 Å². The molecule has 0 aliphatic heterocycles. The van der Waals surface area contributed by atoms with Crippen LogP contribution in [-0.4, -0.2) is 0 Å². The van der Waals surface area contributed by atoms with Gasteiger partial charge in [0.2, 0.25) is 0 Å². The Balaban J connectivity index is 1.56. The molecule has 0 N–H and O–H groups in total. The average Bonchev–Trinajstić information content (AvgIpc) is 3.44. The van der Waals surface area contributed by atoms with Gasteiger partial charge in [0.1, 0.15) is 0 Å². The molecule has 0 unspecified atom stereocenters. The molecule has 152 valence electrons. The van der Waals surface area contributed by atoms with Crippen LogP contribution in [0.15, 0.2) is 0 Å². The van der Waals surface area contributed by atoms with Crippen LogP contribution < -0.4 is 0 Å². The van der Waals surface area contributed by atoms with Crippen LogP contribution >= 0.6 is 0 Å². The van der Waals surface area contributed by atoms with Crippen LogP contribution in [0.25, 0.3) is 0 Å². The molecule has 26 heavy (non-hydrogen) atoms. The van der Waals surface area contributed by atoms with E-state index in [1.54, 1.807) is 89.9 Å². The Labute approximate surface area is 165 Å². The third kappa shape index (κ3) is 5.08. The molecule has 3 aliphatic rings. The maximum atomic E-state index is 2.33. The van der Waals surface area contributed by atoms with Crippen molar-refractivity contribution in [2.75, 3.05) is 0 Å². The normalized spacial score (nSPS) is 23.4. The molecule has 0 spiro atoms. The van der Waals surface area contributed by atoms with E-state index in [0.29, 0.717) is 0 Å². The van der Waals surface area contributed by atoms with Crippen molar-refractivity contribution >= 4 is 0 Å². The second-order valence-electron chi connectivity index (χ2n) is 10.3. The molecule has 0 heterocycles. The molecule has 0 aromatic heterocycles. The minimum atomic E-state index is 0.783. The lowest BCUT2D eigenvalue weighted by Gasteiger charge is -2.49. The third-order valence-electron chi connectivity index (χ3n) is 8.81. The Bertz CT molecular complexity index is 311. The monoisotopic (exact) mass is 360 g/mol. The Morgan fingerprint density at radius 2 is 0.846 bits per heavy atom. The first kappa shape index (κ1) is 20.7. The van der Waals surface area contributed by atoms with E-state index in [4.69, 9.17) is 0 Å². The molecule has 0 atom stereocenters. The molecule has 0 bridgehead atoms. The first-order valence-electron chi connectivity index (χ1n) is 12.9. The highest BCUT2D eigenvalue weighted by atomic mass is 14.6. The van der Waals surface area contributed by atoms with Crippen molar-refractivity contribution in [2.24, 2.45) is 23.2 Å². The van der Waals surface area contributed by atoms with E-state index >= 15 is 0 Å². The molecule has 3 aliphatic carbocycles. The molecule has 0 saturated heterocycles. The highest BCUT2D eigenvalue weighted by Crippen LogP contribution is 2.60. The zero-order valence-corrected chi connectivity index (χ0v) is 18.1. The quantitative estimate of drug-likeness (QED) is 0.304. The van der Waals surface area contributed by atoms with E-state index in [1.807, 2.05) is 0 Å². The van der Waals surface area contributed by atoms with E-state index < -0.39 is 0 Å². The molecular weight excluding hydrogens is 312 g/mol. The summed E-state index contributed by atoms with van der Waals surface area (Å²) in [6, 6.07) is 0. The molecule has 0 radical (unpaired) electrons. The lowest BCUT2D eigenvalue weighted by atomic mass is 9.55. The fourth-order valence-corrected chi connectivity index (χ4v) is 7.57. The summed E-state index contributed by atoms with van der Waals surface area (Å²) in [7, 11) is 0. The molecule has 3 saturated carbocycles. The minimum absolute atomic E-state index is 0.783. The summed E-state index contributed by atoms with van der Waals surface area (Å²) in [4.78, 5) is 0. The van der Waals surface area contributed by atoms with Crippen LogP contribution in [0, 0.1) is 23.2 Å². The topological polar surface area (TPSA) is 0 Å². The first-order valence-corrected chi connectivity index (χ1v) is 12.9. The van der Waals surface area contributed by atoms with Crippen molar-refractivity contribution in [3.63, 3.8) is 0 Å². The van der Waals surface area contributed by atoms with Gasteiger partial charge in [0.05, 0.1) is 0 Å². The van der Waals surface area contributed by atoms with E-state index in [9.17, 15) is 0 Å². The standard InChI is InChI=1S/C26H48/c1-2-3-4-5-6-7-8-15-22-26(23-16-9-10-17-23,24-18-11-12-19-24)25-20-13-14-21-25/h23-25H,2-22H2,1H3. The molecule has 0 heteroatoms. The van der Waals surface area contributed by atoms with Gasteiger partial charge in [0.15, 0.2) is 0 Å². The first-order chi connectivity index (χ1) is 12.9. The van der Waals surface area contributed by atoms with Crippen molar-refractivity contribution in [1.82, 2.24) is 0 Å². The molecule has 0 aromatic carbocycles. The number of hydrogen-bond donors (Lipinski definition) is 0. The molecule has 0 amide bonds. The molecule has 3 rings (SSSR count). The molecular formula is C26H48. The fraction of sp³-hybridized carbons (Fsp3) is 1.00. The van der Waals surface area contributed by atoms with Crippen molar-refractivity contribution in [2.45, 2.75) is 142 Å². The zero-order chi connectivity index (χ0) is 18.1. The average molecular weight is 361 g/mol. The largest absolute Gasteiger partial charge is 0.0654 e. The lowest BCUT2D eigenvalue weighted by molar-refractivity contribution is -0.00658. The SMILES string of the molecule is CCCCCCCCCCC(C1CCCC1)(C1CCCC1)C1CCCC1. The summed E-state index contributed by atoms with van der Waals surface area (Å²) >= 11 is 0. The Hall–Kier alpha value is 0. The van der Waals surface area contributed by atoms with Crippen LogP contribution in [0.3, 0.4) is 0 Å². The zero-order valence-electron chi connectivity index (χ0n) is 18.1. The van der Waals surface area contributed by atoms with Gasteiger partial charge < -0.3 is 0 Å². The van der Waals surface area contributed by atoms with Gasteiger partial charge in [0.25, 0.3) is 0 Å². The maximum absolute atomic E-state index is 2.33. The number of unbranched alkanes of at least 4 members (excludes halogenated alkanes) is 7. The molecule has 0 nitrogen and oxygen atoms in total. The summed E-state index contributed by atoms with van der Waals surface area (Å²) in [6.45, 7) is 2.33. The van der Waals surface area contributed by atoms with Gasteiger partial charge >= 0.3 is 0 Å². The Morgan fingerprint density at radius 1 is 0.500 bits per heavy atom. The Morgan fingerprint density at radius 3 is 1.23 bits per heavy atom. The summed E-state index contributed by atoms with van der Waals surface area (Å²) in [5.41, 5.74) is 0.783. The second-order valence-corrected chi connectivity index (χ2v) is 10.3. The van der Waals surface area contributed by atoms with Gasteiger partial charge in [-0.2, -0.15) is 0 Å². The molecule has 0 aromatic rings. The van der Waals surface area contributed by atoms with Gasteiger partial charge in [-0.05, 0) is 68.1 Å². The van der Waals surface area contributed by atoms with Crippen molar-refractivity contribution in [3.8, 4) is 0 Å². The van der Waals surface area contributed by atoms with Crippen molar-refractivity contribution in [1.29, 1.82) is 0 Å². The number of hydrogen-bond acceptors (Lipinski definition) is 0. The van der Waals surface area contributed by atoms with E-state index in [2.05, 4.69) is 6.92 Å². The van der Waals surface area contributed by atoms with Gasteiger partial charge in [-0.15, -0.1) is 0 Å². The minimum Gasteiger partial charge on any atom is -0.0654 e. The maximum Gasteiger partial charge on any atom is -0.0213 e. The highest BCUT2D eigenvalue weighted by Gasteiger charge is 2.51. The van der Waals surface area contributed by atoms with Gasteiger partial charge in [-0.1, -0.05) is 96.8 Å². The predicted molar refractivity (Wildman–Crippen MR) is 116 cm³/mol. The van der Waals surface area contributed by atoms with Crippen LogP contribution in [0.1, 0.15) is 142 Å². The van der Waals surface area contributed by atoms with Crippen LogP contribution in [0.5, 0.6) is 0 Å². The van der Waals surface area contributed by atoms with Crippen LogP contribution in [0.2, 0.25) is 0 Å². The summed E-state index contributed by atoms with van der Waals surface area (Å²) in [5, 5.41) is 0. The van der Waals surface area contributed by atoms with Gasteiger partial charge in [0, 0.05) is 0 Å². The third-order valence-corrected chi connectivity index (χ3v) is 8.81.